The highest BCUT2D eigenvalue weighted by molar-refractivity contribution is 5.75. The Hall–Kier alpha value is -2.45. The van der Waals surface area contributed by atoms with E-state index in [0.29, 0.717) is 18.9 Å². The monoisotopic (exact) mass is 331 g/mol. The van der Waals surface area contributed by atoms with Gasteiger partial charge in [0, 0.05) is 19.5 Å². The van der Waals surface area contributed by atoms with Crippen molar-refractivity contribution in [2.75, 3.05) is 26.8 Å². The second-order valence-corrected chi connectivity index (χ2v) is 5.60. The molecule has 1 amide bonds. The van der Waals surface area contributed by atoms with E-state index in [1.807, 2.05) is 24.3 Å². The first-order valence-corrected chi connectivity index (χ1v) is 7.85. The standard InChI is InChI=1S/C16H21N5O3/c1-23-12-4-2-11(3-5-12)21-16(8-13-10-18-6-7-24-13)19-15(20-21)9-14(17)22/h2-5,13,18H,6-10H2,1H3,(H2,17,22)/t13-/m0/s1. The van der Waals surface area contributed by atoms with Crippen molar-refractivity contribution in [1.29, 1.82) is 0 Å². The number of rotatable bonds is 6. The number of aromatic nitrogens is 3. The highest BCUT2D eigenvalue weighted by atomic mass is 16.5. The van der Waals surface area contributed by atoms with Gasteiger partial charge in [-0.1, -0.05) is 0 Å². The smallest absolute Gasteiger partial charge is 0.225 e. The quantitative estimate of drug-likeness (QED) is 0.762. The summed E-state index contributed by atoms with van der Waals surface area (Å²) in [5.41, 5.74) is 6.11. The van der Waals surface area contributed by atoms with Crippen LogP contribution in [0.25, 0.3) is 5.69 Å². The SMILES string of the molecule is COc1ccc(-n2nc(CC(N)=O)nc2C[C@H]2CNCCO2)cc1. The van der Waals surface area contributed by atoms with E-state index in [0.717, 1.165) is 30.4 Å². The van der Waals surface area contributed by atoms with Gasteiger partial charge in [0.25, 0.3) is 0 Å². The number of hydrogen-bond acceptors (Lipinski definition) is 6. The lowest BCUT2D eigenvalue weighted by Gasteiger charge is -2.23. The zero-order valence-corrected chi connectivity index (χ0v) is 13.6. The highest BCUT2D eigenvalue weighted by Gasteiger charge is 2.20. The Morgan fingerprint density at radius 3 is 2.88 bits per heavy atom. The van der Waals surface area contributed by atoms with Crippen LogP contribution in [-0.4, -0.2) is 53.6 Å². The minimum absolute atomic E-state index is 0.0138. The summed E-state index contributed by atoms with van der Waals surface area (Å²) in [4.78, 5) is 15.7. The van der Waals surface area contributed by atoms with Crippen LogP contribution in [0.3, 0.4) is 0 Å². The van der Waals surface area contributed by atoms with Crippen molar-refractivity contribution in [3.8, 4) is 11.4 Å². The predicted octanol–water partition coefficient (Wildman–Crippen LogP) is -0.165. The first kappa shape index (κ1) is 16.4. The van der Waals surface area contributed by atoms with Crippen LogP contribution in [0.1, 0.15) is 11.6 Å². The Morgan fingerprint density at radius 2 is 2.25 bits per heavy atom. The Bertz CT molecular complexity index is 692. The van der Waals surface area contributed by atoms with E-state index in [2.05, 4.69) is 15.4 Å². The number of benzene rings is 1. The molecule has 8 nitrogen and oxygen atoms in total. The number of hydrogen-bond donors (Lipinski definition) is 2. The molecule has 1 atom stereocenters. The number of morpholine rings is 1. The number of nitrogens with one attached hydrogen (secondary N) is 1. The summed E-state index contributed by atoms with van der Waals surface area (Å²) in [6.45, 7) is 2.30. The van der Waals surface area contributed by atoms with Gasteiger partial charge in [-0.2, -0.15) is 5.10 Å². The van der Waals surface area contributed by atoms with Gasteiger partial charge in [0.05, 0.1) is 31.9 Å². The van der Waals surface area contributed by atoms with E-state index >= 15 is 0 Å². The van der Waals surface area contributed by atoms with Gasteiger partial charge in [-0.15, -0.1) is 0 Å². The summed E-state index contributed by atoms with van der Waals surface area (Å²) in [5.74, 6) is 1.46. The van der Waals surface area contributed by atoms with Gasteiger partial charge in [0.15, 0.2) is 5.82 Å². The summed E-state index contributed by atoms with van der Waals surface area (Å²) >= 11 is 0. The number of nitrogens with zero attached hydrogens (tertiary/aromatic N) is 3. The number of methoxy groups -OCH3 is 1. The van der Waals surface area contributed by atoms with Crippen molar-refractivity contribution in [3.63, 3.8) is 0 Å². The van der Waals surface area contributed by atoms with Crippen molar-refractivity contribution in [1.82, 2.24) is 20.1 Å². The molecule has 1 saturated heterocycles. The molecule has 0 bridgehead atoms. The first-order valence-electron chi connectivity index (χ1n) is 7.85. The molecule has 1 fully saturated rings. The molecule has 1 aliphatic rings. The van der Waals surface area contributed by atoms with Crippen LogP contribution in [-0.2, 0) is 22.4 Å². The van der Waals surface area contributed by atoms with Crippen molar-refractivity contribution >= 4 is 5.91 Å². The summed E-state index contributed by atoms with van der Waals surface area (Å²) in [7, 11) is 1.62. The Morgan fingerprint density at radius 1 is 1.46 bits per heavy atom. The Labute approximate surface area is 140 Å². The topological polar surface area (TPSA) is 104 Å². The van der Waals surface area contributed by atoms with Crippen LogP contribution in [0.5, 0.6) is 5.75 Å². The molecular formula is C16H21N5O3. The van der Waals surface area contributed by atoms with E-state index in [1.165, 1.54) is 0 Å². The van der Waals surface area contributed by atoms with Crippen molar-refractivity contribution in [3.05, 3.63) is 35.9 Å². The molecule has 2 aromatic rings. The zero-order chi connectivity index (χ0) is 16.9. The molecule has 24 heavy (non-hydrogen) atoms. The van der Waals surface area contributed by atoms with Gasteiger partial charge in [-0.3, -0.25) is 4.79 Å². The predicted molar refractivity (Wildman–Crippen MR) is 87.1 cm³/mol. The summed E-state index contributed by atoms with van der Waals surface area (Å²) in [6, 6.07) is 7.50. The molecule has 8 heteroatoms. The number of amides is 1. The fourth-order valence-electron chi connectivity index (χ4n) is 2.64. The van der Waals surface area contributed by atoms with E-state index in [1.54, 1.807) is 11.8 Å². The zero-order valence-electron chi connectivity index (χ0n) is 13.6. The molecule has 1 aromatic carbocycles. The van der Waals surface area contributed by atoms with Gasteiger partial charge in [0.1, 0.15) is 11.6 Å². The number of ether oxygens (including phenoxy) is 2. The van der Waals surface area contributed by atoms with Crippen LogP contribution < -0.4 is 15.8 Å². The number of carbonyl (C=O) groups is 1. The number of carbonyl (C=O) groups excluding carboxylic acids is 1. The average Bonchev–Trinajstić information content (AvgIpc) is 2.97. The van der Waals surface area contributed by atoms with Crippen LogP contribution in [0.2, 0.25) is 0 Å². The van der Waals surface area contributed by atoms with Crippen LogP contribution >= 0.6 is 0 Å². The maximum Gasteiger partial charge on any atom is 0.225 e. The molecule has 0 saturated carbocycles. The van der Waals surface area contributed by atoms with Crippen molar-refractivity contribution in [2.45, 2.75) is 18.9 Å². The summed E-state index contributed by atoms with van der Waals surface area (Å²) < 4.78 is 12.7. The maximum atomic E-state index is 11.2. The van der Waals surface area contributed by atoms with Crippen molar-refractivity contribution < 1.29 is 14.3 Å². The number of nitrogens with two attached hydrogens (primary N) is 1. The summed E-state index contributed by atoms with van der Waals surface area (Å²) in [5, 5.41) is 7.72. The lowest BCUT2D eigenvalue weighted by molar-refractivity contribution is -0.117. The molecule has 0 radical (unpaired) electrons. The van der Waals surface area contributed by atoms with Gasteiger partial charge < -0.3 is 20.5 Å². The molecule has 1 aliphatic heterocycles. The molecule has 3 rings (SSSR count). The van der Waals surface area contributed by atoms with E-state index in [9.17, 15) is 4.79 Å². The molecule has 3 N–H and O–H groups in total. The van der Waals surface area contributed by atoms with E-state index in [4.69, 9.17) is 15.2 Å². The molecule has 0 spiro atoms. The average molecular weight is 331 g/mol. The minimum atomic E-state index is -0.455. The van der Waals surface area contributed by atoms with Crippen LogP contribution in [0.4, 0.5) is 0 Å². The molecular weight excluding hydrogens is 310 g/mol. The van der Waals surface area contributed by atoms with Gasteiger partial charge in [0.2, 0.25) is 5.91 Å². The van der Waals surface area contributed by atoms with Crippen molar-refractivity contribution in [2.24, 2.45) is 5.73 Å². The van der Waals surface area contributed by atoms with E-state index < -0.39 is 5.91 Å². The number of primary amides is 1. The van der Waals surface area contributed by atoms with Gasteiger partial charge >= 0.3 is 0 Å². The largest absolute Gasteiger partial charge is 0.497 e. The normalized spacial score (nSPS) is 17.6. The molecule has 0 unspecified atom stereocenters. The second kappa shape index (κ2) is 7.41. The lowest BCUT2D eigenvalue weighted by atomic mass is 10.2. The van der Waals surface area contributed by atoms with Crippen LogP contribution in [0, 0.1) is 0 Å². The molecule has 1 aromatic heterocycles. The Kier molecular flexibility index (Phi) is 5.07. The third-order valence-corrected chi connectivity index (χ3v) is 3.78. The van der Waals surface area contributed by atoms with E-state index in [-0.39, 0.29) is 12.5 Å². The molecule has 128 valence electrons. The molecule has 2 heterocycles. The fourth-order valence-corrected chi connectivity index (χ4v) is 2.64. The Balaban J connectivity index is 1.88. The maximum absolute atomic E-state index is 11.2. The van der Waals surface area contributed by atoms with Crippen LogP contribution in [0.15, 0.2) is 24.3 Å². The highest BCUT2D eigenvalue weighted by Crippen LogP contribution is 2.17. The lowest BCUT2D eigenvalue weighted by Crippen LogP contribution is -2.40. The van der Waals surface area contributed by atoms with Gasteiger partial charge in [-0.05, 0) is 24.3 Å². The van der Waals surface area contributed by atoms with Gasteiger partial charge in [-0.25, -0.2) is 9.67 Å². The first-order chi connectivity index (χ1) is 11.7. The minimum Gasteiger partial charge on any atom is -0.497 e. The summed E-state index contributed by atoms with van der Waals surface area (Å²) in [6.07, 6.45) is 0.645. The second-order valence-electron chi connectivity index (χ2n) is 5.60. The fraction of sp³-hybridized carbons (Fsp3) is 0.438. The molecule has 0 aliphatic carbocycles. The third-order valence-electron chi connectivity index (χ3n) is 3.78. The third kappa shape index (κ3) is 3.90.